The van der Waals surface area contributed by atoms with Crippen molar-refractivity contribution in [3.8, 4) is 5.75 Å². The maximum Gasteiger partial charge on any atom is 0.277 e. The van der Waals surface area contributed by atoms with Crippen LogP contribution in [0.3, 0.4) is 0 Å². The van der Waals surface area contributed by atoms with Gasteiger partial charge in [-0.2, -0.15) is 0 Å². The molecule has 1 saturated heterocycles. The molecule has 0 unspecified atom stereocenters. The molecule has 1 aromatic heterocycles. The van der Waals surface area contributed by atoms with Gasteiger partial charge in [-0.3, -0.25) is 14.6 Å². The lowest BCUT2D eigenvalue weighted by atomic mass is 10.1. The molecule has 162 valence electrons. The number of benzene rings is 2. The Kier molecular flexibility index (Phi) is 6.29. The fraction of sp³-hybridized carbons (Fsp3) is 0.304. The number of hydrogen-bond acceptors (Lipinski definition) is 6. The first kappa shape index (κ1) is 21.0. The van der Waals surface area contributed by atoms with Gasteiger partial charge in [0.15, 0.2) is 5.69 Å². The summed E-state index contributed by atoms with van der Waals surface area (Å²) in [5.41, 5.74) is 1.97. The molecule has 3 aromatic rings. The van der Waals surface area contributed by atoms with Crippen molar-refractivity contribution >= 4 is 11.6 Å². The van der Waals surface area contributed by atoms with Gasteiger partial charge in [-0.15, -0.1) is 0 Å². The summed E-state index contributed by atoms with van der Waals surface area (Å²) in [5, 5.41) is 12.6. The molecule has 0 bridgehead atoms. The van der Waals surface area contributed by atoms with Gasteiger partial charge < -0.3 is 14.8 Å². The summed E-state index contributed by atoms with van der Waals surface area (Å²) in [6.07, 6.45) is 1.32. The van der Waals surface area contributed by atoms with Gasteiger partial charge in [0.2, 0.25) is 5.89 Å². The number of nitrogens with zero attached hydrogens (tertiary/aromatic N) is 3. The normalized spacial score (nSPS) is 15.2. The van der Waals surface area contributed by atoms with Crippen LogP contribution in [-0.4, -0.2) is 52.0 Å². The number of halogens is 1. The molecule has 1 aliphatic rings. The molecule has 2 aromatic carbocycles. The first-order valence-corrected chi connectivity index (χ1v) is 10.2. The van der Waals surface area contributed by atoms with Gasteiger partial charge in [-0.1, -0.05) is 24.3 Å². The molecule has 7 nitrogen and oxygen atoms in total. The highest BCUT2D eigenvalue weighted by Gasteiger charge is 2.20. The van der Waals surface area contributed by atoms with Gasteiger partial charge >= 0.3 is 0 Å². The maximum absolute atomic E-state index is 13.7. The number of phenols is 1. The van der Waals surface area contributed by atoms with Crippen molar-refractivity contribution in [3.05, 3.63) is 77.3 Å². The molecule has 0 aliphatic carbocycles. The smallest absolute Gasteiger partial charge is 0.277 e. The third kappa shape index (κ3) is 5.28. The average molecular weight is 424 g/mol. The molecule has 4 rings (SSSR count). The van der Waals surface area contributed by atoms with Crippen LogP contribution in [0.15, 0.2) is 53.1 Å². The zero-order valence-electron chi connectivity index (χ0n) is 17.3. The first-order valence-electron chi connectivity index (χ1n) is 10.2. The number of para-hydroxylation sites is 1. The van der Waals surface area contributed by atoms with Gasteiger partial charge in [0.05, 0.1) is 6.54 Å². The van der Waals surface area contributed by atoms with E-state index in [-0.39, 0.29) is 11.5 Å². The number of phenolic OH excluding ortho intramolecular Hbond substituents is 1. The molecule has 1 fully saturated rings. The summed E-state index contributed by atoms with van der Waals surface area (Å²) < 4.78 is 19.1. The number of oxazole rings is 1. The van der Waals surface area contributed by atoms with E-state index in [9.17, 15) is 14.3 Å². The van der Waals surface area contributed by atoms with E-state index >= 15 is 0 Å². The molecule has 1 amide bonds. The van der Waals surface area contributed by atoms with Crippen molar-refractivity contribution in [1.82, 2.24) is 14.8 Å². The van der Waals surface area contributed by atoms with E-state index in [4.69, 9.17) is 4.42 Å². The molecule has 31 heavy (non-hydrogen) atoms. The predicted molar refractivity (Wildman–Crippen MR) is 114 cm³/mol. The molecular formula is C23H25FN4O3. The maximum atomic E-state index is 13.7. The molecule has 2 heterocycles. The number of aromatic nitrogens is 1. The third-order valence-corrected chi connectivity index (χ3v) is 5.42. The van der Waals surface area contributed by atoms with Crippen LogP contribution in [0, 0.1) is 12.7 Å². The van der Waals surface area contributed by atoms with Crippen LogP contribution in [-0.2, 0) is 13.1 Å². The van der Waals surface area contributed by atoms with E-state index in [1.807, 2.05) is 18.2 Å². The number of nitrogens with one attached hydrogen (secondary N) is 1. The predicted octanol–water partition coefficient (Wildman–Crippen LogP) is 3.40. The number of aromatic hydroxyl groups is 1. The van der Waals surface area contributed by atoms with Gasteiger partial charge in [0, 0.05) is 44.0 Å². The Hall–Kier alpha value is -3.23. The van der Waals surface area contributed by atoms with Crippen molar-refractivity contribution in [1.29, 1.82) is 0 Å². The molecule has 1 aliphatic heterocycles. The number of rotatable bonds is 6. The average Bonchev–Trinajstić information content (AvgIpc) is 3.22. The van der Waals surface area contributed by atoms with Gasteiger partial charge in [-0.25, -0.2) is 9.37 Å². The second-order valence-corrected chi connectivity index (χ2v) is 7.73. The second-order valence-electron chi connectivity index (χ2n) is 7.73. The van der Waals surface area contributed by atoms with Crippen LogP contribution in [0.25, 0.3) is 0 Å². The van der Waals surface area contributed by atoms with E-state index in [2.05, 4.69) is 20.1 Å². The molecule has 0 atom stereocenters. The highest BCUT2D eigenvalue weighted by atomic mass is 19.1. The van der Waals surface area contributed by atoms with Crippen molar-refractivity contribution in [3.63, 3.8) is 0 Å². The summed E-state index contributed by atoms with van der Waals surface area (Å²) in [4.78, 5) is 21.1. The number of anilines is 1. The first-order chi connectivity index (χ1) is 15.0. The SMILES string of the molecule is Cc1ccc(NC(=O)c2coc(CN3CCN(Cc4ccccc4O)CC3)n2)cc1F. The van der Waals surface area contributed by atoms with Gasteiger partial charge in [0.1, 0.15) is 17.8 Å². The standard InChI is InChI=1S/C23H25FN4O3/c1-16-6-7-18(12-19(16)24)25-23(30)20-15-31-22(26-20)14-28-10-8-27(9-11-28)13-17-4-2-3-5-21(17)29/h2-7,12,15,29H,8-11,13-14H2,1H3,(H,25,30). The zero-order chi connectivity index (χ0) is 21.8. The van der Waals surface area contributed by atoms with Crippen LogP contribution in [0.2, 0.25) is 0 Å². The van der Waals surface area contributed by atoms with Gasteiger partial charge in [-0.05, 0) is 30.7 Å². The minimum absolute atomic E-state index is 0.161. The van der Waals surface area contributed by atoms with E-state index in [1.165, 1.54) is 12.3 Å². The lowest BCUT2D eigenvalue weighted by Crippen LogP contribution is -2.45. The number of carbonyl (C=O) groups is 1. The quantitative estimate of drug-likeness (QED) is 0.631. The summed E-state index contributed by atoms with van der Waals surface area (Å²) in [6, 6.07) is 11.9. The third-order valence-electron chi connectivity index (χ3n) is 5.42. The lowest BCUT2D eigenvalue weighted by molar-refractivity contribution is 0.102. The van der Waals surface area contributed by atoms with E-state index in [0.717, 1.165) is 31.7 Å². The zero-order valence-corrected chi connectivity index (χ0v) is 17.3. The highest BCUT2D eigenvalue weighted by molar-refractivity contribution is 6.02. The van der Waals surface area contributed by atoms with E-state index in [0.29, 0.717) is 36.0 Å². The summed E-state index contributed by atoms with van der Waals surface area (Å²) in [7, 11) is 0. The van der Waals surface area contributed by atoms with E-state index < -0.39 is 5.91 Å². The Labute approximate surface area is 180 Å². The monoisotopic (exact) mass is 424 g/mol. The van der Waals surface area contributed by atoms with Crippen LogP contribution in [0.5, 0.6) is 5.75 Å². The van der Waals surface area contributed by atoms with Crippen molar-refractivity contribution in [2.24, 2.45) is 0 Å². The number of aryl methyl sites for hydroxylation is 1. The summed E-state index contributed by atoms with van der Waals surface area (Å²) in [6.45, 7) is 6.28. The van der Waals surface area contributed by atoms with Crippen LogP contribution < -0.4 is 5.32 Å². The Bertz CT molecular complexity index is 1060. The Balaban J connectivity index is 1.28. The van der Waals surface area contributed by atoms with E-state index in [1.54, 1.807) is 25.1 Å². The number of piperazine rings is 1. The number of hydrogen-bond donors (Lipinski definition) is 2. The topological polar surface area (TPSA) is 81.8 Å². The van der Waals surface area contributed by atoms with Crippen LogP contribution in [0.4, 0.5) is 10.1 Å². The molecule has 8 heteroatoms. The molecule has 0 saturated carbocycles. The Morgan fingerprint density at radius 2 is 1.84 bits per heavy atom. The molecular weight excluding hydrogens is 399 g/mol. The lowest BCUT2D eigenvalue weighted by Gasteiger charge is -2.34. The van der Waals surface area contributed by atoms with Crippen molar-refractivity contribution in [2.45, 2.75) is 20.0 Å². The molecule has 2 N–H and O–H groups in total. The van der Waals surface area contributed by atoms with Crippen molar-refractivity contribution in [2.75, 3.05) is 31.5 Å². The number of carbonyl (C=O) groups excluding carboxylic acids is 1. The Morgan fingerprint density at radius 3 is 2.55 bits per heavy atom. The fourth-order valence-electron chi connectivity index (χ4n) is 3.54. The minimum Gasteiger partial charge on any atom is -0.508 e. The fourth-order valence-corrected chi connectivity index (χ4v) is 3.54. The second kappa shape index (κ2) is 9.28. The van der Waals surface area contributed by atoms with Crippen molar-refractivity contribution < 1.29 is 18.7 Å². The largest absolute Gasteiger partial charge is 0.508 e. The van der Waals surface area contributed by atoms with Crippen LogP contribution >= 0.6 is 0 Å². The van der Waals surface area contributed by atoms with Crippen LogP contribution in [0.1, 0.15) is 27.5 Å². The molecule has 0 radical (unpaired) electrons. The highest BCUT2D eigenvalue weighted by Crippen LogP contribution is 2.19. The number of amides is 1. The van der Waals surface area contributed by atoms with Gasteiger partial charge in [0.25, 0.3) is 5.91 Å². The summed E-state index contributed by atoms with van der Waals surface area (Å²) in [5.74, 6) is -0.0238. The molecule has 0 spiro atoms. The summed E-state index contributed by atoms with van der Waals surface area (Å²) >= 11 is 0. The minimum atomic E-state index is -0.439. The Morgan fingerprint density at radius 1 is 1.13 bits per heavy atom.